The van der Waals surface area contributed by atoms with E-state index in [1.165, 1.54) is 25.8 Å². The highest BCUT2D eigenvalue weighted by Crippen LogP contribution is 2.31. The van der Waals surface area contributed by atoms with Gasteiger partial charge in [-0.1, -0.05) is 53.5 Å². The molecule has 0 saturated heterocycles. The summed E-state index contributed by atoms with van der Waals surface area (Å²) in [5, 5.41) is 0. The van der Waals surface area contributed by atoms with Crippen LogP contribution in [-0.2, 0) is 13.1 Å². The third-order valence-corrected chi connectivity index (χ3v) is 6.02. The Morgan fingerprint density at radius 2 is 1.68 bits per heavy atom. The van der Waals surface area contributed by atoms with Crippen LogP contribution in [0.2, 0.25) is 0 Å². The molecule has 0 unspecified atom stereocenters. The van der Waals surface area contributed by atoms with Crippen LogP contribution in [0.25, 0.3) is 0 Å². The maximum absolute atomic E-state index is 13.1. The van der Waals surface area contributed by atoms with E-state index in [0.717, 1.165) is 42.5 Å². The topological polar surface area (TPSA) is 85.1 Å². The summed E-state index contributed by atoms with van der Waals surface area (Å²) >= 11 is 0. The molecule has 0 aliphatic carbocycles. The van der Waals surface area contributed by atoms with Crippen molar-refractivity contribution in [3.63, 3.8) is 0 Å². The molecule has 3 rings (SSSR count). The zero-order valence-electron chi connectivity index (χ0n) is 23.5. The molecule has 2 aromatic carbocycles. The van der Waals surface area contributed by atoms with E-state index < -0.39 is 5.78 Å². The summed E-state index contributed by atoms with van der Waals surface area (Å²) in [6.45, 7) is 15.2. The summed E-state index contributed by atoms with van der Waals surface area (Å²) in [6.07, 6.45) is 3.57. The second-order valence-electron chi connectivity index (χ2n) is 8.76. The second-order valence-corrected chi connectivity index (χ2v) is 8.76. The fourth-order valence-corrected chi connectivity index (χ4v) is 3.58. The van der Waals surface area contributed by atoms with Crippen molar-refractivity contribution in [1.29, 1.82) is 0 Å². The van der Waals surface area contributed by atoms with Crippen molar-refractivity contribution in [2.45, 2.75) is 73.9 Å². The molecule has 0 saturated carbocycles. The highest BCUT2D eigenvalue weighted by atomic mass is 19.3. The van der Waals surface area contributed by atoms with Crippen molar-refractivity contribution in [2.24, 2.45) is 0 Å². The summed E-state index contributed by atoms with van der Waals surface area (Å²) in [4.78, 5) is 32.4. The maximum Gasteiger partial charge on any atom is 0.256 e. The quantitative estimate of drug-likeness (QED) is 0.222. The molecule has 2 aromatic rings. The molecule has 0 spiro atoms. The van der Waals surface area contributed by atoms with Crippen LogP contribution >= 0.6 is 0 Å². The molecule has 1 amide bonds. The molecular formula is C29H44FN3O4. The fraction of sp³-hybridized carbons (Fsp3) is 0.517. The number of nitrogen functional groups attached to an aromatic ring is 1. The van der Waals surface area contributed by atoms with Crippen molar-refractivity contribution < 1.29 is 23.8 Å². The van der Waals surface area contributed by atoms with E-state index in [0.29, 0.717) is 19.7 Å². The van der Waals surface area contributed by atoms with Crippen LogP contribution in [0.15, 0.2) is 30.3 Å². The molecule has 37 heavy (non-hydrogen) atoms. The van der Waals surface area contributed by atoms with Gasteiger partial charge in [0, 0.05) is 35.9 Å². The minimum Gasteiger partial charge on any atom is -0.494 e. The van der Waals surface area contributed by atoms with Crippen molar-refractivity contribution in [1.82, 2.24) is 9.80 Å². The molecule has 8 heteroatoms. The lowest BCUT2D eigenvalue weighted by atomic mass is 10.0. The standard InChI is InChI=1S/C23H28FN3O4.C4H10.C2H6/c1-4-26(3)8-5-9-30-18-7-6-16-13-27(14-17(16)10-18)23(29)20-11-19(15(2)28)22(31-24)12-21(20)25;1-3-4-2;1-2/h6-7,10-12H,4-5,8-9,13-14,25H2,1-3H3;3-4H2,1-2H3;1-2H3. The van der Waals surface area contributed by atoms with Gasteiger partial charge in [0.15, 0.2) is 11.5 Å². The molecule has 0 atom stereocenters. The third-order valence-electron chi connectivity index (χ3n) is 6.02. The van der Waals surface area contributed by atoms with Crippen LogP contribution in [-0.4, -0.2) is 48.2 Å². The van der Waals surface area contributed by atoms with E-state index in [-0.39, 0.29) is 28.5 Å². The Kier molecular flexibility index (Phi) is 14.3. The number of rotatable bonds is 10. The van der Waals surface area contributed by atoms with Crippen LogP contribution in [0.5, 0.6) is 11.5 Å². The first kappa shape index (κ1) is 31.9. The second kappa shape index (κ2) is 16.6. The summed E-state index contributed by atoms with van der Waals surface area (Å²) in [5.74, 6) is -0.266. The average Bonchev–Trinajstić information content (AvgIpc) is 3.35. The van der Waals surface area contributed by atoms with Crippen molar-refractivity contribution in [3.05, 3.63) is 52.6 Å². The Balaban J connectivity index is 0.00000104. The van der Waals surface area contributed by atoms with Gasteiger partial charge in [0.2, 0.25) is 0 Å². The number of ketones is 1. The summed E-state index contributed by atoms with van der Waals surface area (Å²) in [5.41, 5.74) is 8.14. The first-order valence-corrected chi connectivity index (χ1v) is 13.2. The number of hydrogen-bond acceptors (Lipinski definition) is 6. The van der Waals surface area contributed by atoms with Gasteiger partial charge in [-0.3, -0.25) is 14.5 Å². The van der Waals surface area contributed by atoms with Gasteiger partial charge >= 0.3 is 0 Å². The number of fused-ring (bicyclic) bond motifs is 1. The predicted octanol–water partition coefficient (Wildman–Crippen LogP) is 6.44. The van der Waals surface area contributed by atoms with E-state index in [2.05, 4.69) is 37.7 Å². The smallest absolute Gasteiger partial charge is 0.256 e. The summed E-state index contributed by atoms with van der Waals surface area (Å²) in [6, 6.07) is 8.28. The number of hydrogen-bond donors (Lipinski definition) is 1. The van der Waals surface area contributed by atoms with Gasteiger partial charge in [-0.2, -0.15) is 0 Å². The monoisotopic (exact) mass is 517 g/mol. The minimum atomic E-state index is -0.418. The van der Waals surface area contributed by atoms with Gasteiger partial charge < -0.3 is 20.3 Å². The molecule has 1 aliphatic heterocycles. The van der Waals surface area contributed by atoms with E-state index in [1.807, 2.05) is 32.0 Å². The fourth-order valence-electron chi connectivity index (χ4n) is 3.58. The molecule has 206 valence electrons. The molecule has 0 fully saturated rings. The summed E-state index contributed by atoms with van der Waals surface area (Å²) < 4.78 is 18.6. The molecule has 0 aromatic heterocycles. The lowest BCUT2D eigenvalue weighted by Gasteiger charge is -2.17. The predicted molar refractivity (Wildman–Crippen MR) is 148 cm³/mol. The maximum atomic E-state index is 13.1. The van der Waals surface area contributed by atoms with E-state index in [1.54, 1.807) is 4.90 Å². The van der Waals surface area contributed by atoms with E-state index in [4.69, 9.17) is 10.5 Å². The average molecular weight is 518 g/mol. The largest absolute Gasteiger partial charge is 0.494 e. The number of carbonyl (C=O) groups excluding carboxylic acids is 2. The van der Waals surface area contributed by atoms with Crippen molar-refractivity contribution >= 4 is 17.4 Å². The molecule has 0 radical (unpaired) electrons. The zero-order valence-corrected chi connectivity index (χ0v) is 23.5. The Morgan fingerprint density at radius 3 is 2.24 bits per heavy atom. The highest BCUT2D eigenvalue weighted by molar-refractivity contribution is 6.04. The lowest BCUT2D eigenvalue weighted by molar-refractivity contribution is -0.00698. The number of nitrogens with two attached hydrogens (primary N) is 1. The third kappa shape index (κ3) is 9.35. The first-order valence-electron chi connectivity index (χ1n) is 13.2. The number of ether oxygens (including phenoxy) is 1. The van der Waals surface area contributed by atoms with Gasteiger partial charge in [0.1, 0.15) is 5.75 Å². The molecule has 2 N–H and O–H groups in total. The number of Topliss-reactive ketones (excluding diaryl/α,β-unsaturated/α-hetero) is 1. The van der Waals surface area contributed by atoms with Crippen LogP contribution in [0.4, 0.5) is 10.2 Å². The summed E-state index contributed by atoms with van der Waals surface area (Å²) in [7, 11) is 2.07. The van der Waals surface area contributed by atoms with Crippen molar-refractivity contribution in [2.75, 3.05) is 32.5 Å². The number of nitrogens with zero attached hydrogens (tertiary/aromatic N) is 2. The highest BCUT2D eigenvalue weighted by Gasteiger charge is 2.27. The van der Waals surface area contributed by atoms with Gasteiger partial charge in [-0.15, -0.1) is 0 Å². The number of benzene rings is 2. The lowest BCUT2D eigenvalue weighted by Crippen LogP contribution is -2.26. The molecule has 7 nitrogen and oxygen atoms in total. The van der Waals surface area contributed by atoms with Crippen LogP contribution in [0.1, 0.15) is 92.6 Å². The Labute approximate surface area is 221 Å². The van der Waals surface area contributed by atoms with Gasteiger partial charge in [0.25, 0.3) is 5.91 Å². The van der Waals surface area contributed by atoms with E-state index >= 15 is 0 Å². The first-order chi connectivity index (χ1) is 17.7. The molecular weight excluding hydrogens is 473 g/mol. The SMILES string of the molecule is CC.CCCC.CCN(C)CCCOc1ccc2c(c1)CN(C(=O)c1cc(C(C)=O)c(OF)cc1N)C2. The molecule has 1 heterocycles. The van der Waals surface area contributed by atoms with Gasteiger partial charge in [-0.25, -0.2) is 0 Å². The minimum absolute atomic E-state index is 0.0267. The van der Waals surface area contributed by atoms with Crippen LogP contribution in [0, 0.1) is 0 Å². The Bertz CT molecular complexity index is 1010. The van der Waals surface area contributed by atoms with E-state index in [9.17, 15) is 14.1 Å². The van der Waals surface area contributed by atoms with Gasteiger partial charge in [-0.05, 0) is 56.3 Å². The van der Waals surface area contributed by atoms with Gasteiger partial charge in [0.05, 0.1) is 17.7 Å². The normalized spacial score (nSPS) is 11.6. The van der Waals surface area contributed by atoms with Crippen LogP contribution in [0.3, 0.4) is 0 Å². The molecule has 1 aliphatic rings. The number of amides is 1. The number of halogens is 1. The number of carbonyl (C=O) groups is 2. The number of anilines is 1. The Hall–Kier alpha value is -3.13. The zero-order chi connectivity index (χ0) is 28.0. The number of unbranched alkanes of at least 4 members (excludes halogenated alkanes) is 1. The van der Waals surface area contributed by atoms with Crippen LogP contribution < -0.4 is 15.4 Å². The van der Waals surface area contributed by atoms with Crippen molar-refractivity contribution in [3.8, 4) is 11.5 Å². The molecule has 0 bridgehead atoms. The Morgan fingerprint density at radius 1 is 1.03 bits per heavy atom.